The van der Waals surface area contributed by atoms with E-state index in [0.717, 1.165) is 42.5 Å². The predicted octanol–water partition coefficient (Wildman–Crippen LogP) is 3.91. The minimum atomic E-state index is -4.57. The minimum absolute atomic E-state index is 0.0376. The number of para-hydroxylation sites is 1. The summed E-state index contributed by atoms with van der Waals surface area (Å²) in [4.78, 5) is 22.5. The van der Waals surface area contributed by atoms with Gasteiger partial charge in [-0.1, -0.05) is 54.1 Å². The molecule has 1 aliphatic rings. The Morgan fingerprint density at radius 2 is 1.80 bits per heavy atom. The van der Waals surface area contributed by atoms with Crippen LogP contribution < -0.4 is 0 Å². The van der Waals surface area contributed by atoms with E-state index in [2.05, 4.69) is 0 Å². The van der Waals surface area contributed by atoms with Gasteiger partial charge in [-0.2, -0.15) is 8.42 Å². The summed E-state index contributed by atoms with van der Waals surface area (Å²) in [5.41, 5.74) is 1.02. The van der Waals surface area contributed by atoms with Crippen molar-refractivity contribution >= 4 is 21.8 Å². The first-order valence-corrected chi connectivity index (χ1v) is 10.8. The molecule has 0 N–H and O–H groups in total. The molecule has 0 heterocycles. The van der Waals surface area contributed by atoms with Crippen LogP contribution in [0, 0.1) is 10.1 Å². The van der Waals surface area contributed by atoms with Crippen LogP contribution in [-0.4, -0.2) is 25.4 Å². The fourth-order valence-electron chi connectivity index (χ4n) is 3.16. The Kier molecular flexibility index (Phi) is 6.96. The van der Waals surface area contributed by atoms with Crippen LogP contribution in [-0.2, 0) is 30.4 Å². The zero-order valence-corrected chi connectivity index (χ0v) is 16.9. The minimum Gasteiger partial charge on any atom is -0.459 e. The number of nitro benzene ring substituents is 1. The third-order valence-electron chi connectivity index (χ3n) is 4.64. The second kappa shape index (κ2) is 9.64. The Bertz CT molecular complexity index is 1050. The van der Waals surface area contributed by atoms with Crippen LogP contribution >= 0.6 is 0 Å². The molecule has 30 heavy (non-hydrogen) atoms. The molecular formula is C21H21NO7S. The molecule has 1 atom stereocenters. The highest BCUT2D eigenvalue weighted by Crippen LogP contribution is 2.29. The first-order chi connectivity index (χ1) is 14.4. The molecule has 0 amide bonds. The van der Waals surface area contributed by atoms with Gasteiger partial charge < -0.3 is 4.74 Å². The van der Waals surface area contributed by atoms with Crippen molar-refractivity contribution in [2.75, 3.05) is 0 Å². The van der Waals surface area contributed by atoms with Crippen molar-refractivity contribution < 1.29 is 27.1 Å². The molecule has 8 nitrogen and oxygen atoms in total. The molecule has 0 aromatic heterocycles. The van der Waals surface area contributed by atoms with E-state index in [9.17, 15) is 23.3 Å². The van der Waals surface area contributed by atoms with E-state index >= 15 is 0 Å². The lowest BCUT2D eigenvalue weighted by Gasteiger charge is -2.17. The summed E-state index contributed by atoms with van der Waals surface area (Å²) < 4.78 is 36.0. The molecule has 0 radical (unpaired) electrons. The van der Waals surface area contributed by atoms with Gasteiger partial charge in [-0.3, -0.25) is 14.3 Å². The fourth-order valence-corrected chi connectivity index (χ4v) is 4.36. The number of carbonyl (C=O) groups is 1. The van der Waals surface area contributed by atoms with E-state index in [1.807, 2.05) is 12.1 Å². The number of ether oxygens (including phenoxy) is 1. The van der Waals surface area contributed by atoms with Gasteiger partial charge in [0, 0.05) is 12.5 Å². The Morgan fingerprint density at radius 1 is 1.10 bits per heavy atom. The third-order valence-corrected chi connectivity index (χ3v) is 6.01. The number of hydrogen-bond acceptors (Lipinski definition) is 7. The average Bonchev–Trinajstić information content (AvgIpc) is 3.25. The zero-order chi connectivity index (χ0) is 21.6. The van der Waals surface area contributed by atoms with Crippen LogP contribution in [0.1, 0.15) is 31.2 Å². The van der Waals surface area contributed by atoms with Crippen LogP contribution in [0.15, 0.2) is 71.1 Å². The number of allylic oxidation sites excluding steroid dienone is 1. The lowest BCUT2D eigenvalue weighted by Crippen LogP contribution is -2.30. The van der Waals surface area contributed by atoms with E-state index in [1.165, 1.54) is 12.1 Å². The van der Waals surface area contributed by atoms with Gasteiger partial charge in [0.25, 0.3) is 5.69 Å². The second-order valence-electron chi connectivity index (χ2n) is 6.82. The number of rotatable bonds is 9. The summed E-state index contributed by atoms with van der Waals surface area (Å²) in [5, 5.41) is 11.2. The van der Waals surface area contributed by atoms with Gasteiger partial charge in [-0.05, 0) is 30.9 Å². The molecule has 158 valence electrons. The molecule has 1 aliphatic carbocycles. The SMILES string of the molecule is O=C(OCc1ccccc1)[C@@H](CC1=CCCC1)OS(=O)(=O)c1ccccc1[N+](=O)[O-]. The van der Waals surface area contributed by atoms with Crippen LogP contribution in [0.3, 0.4) is 0 Å². The van der Waals surface area contributed by atoms with E-state index in [-0.39, 0.29) is 13.0 Å². The largest absolute Gasteiger partial charge is 0.459 e. The van der Waals surface area contributed by atoms with Gasteiger partial charge in [0.1, 0.15) is 6.61 Å². The fraction of sp³-hybridized carbons (Fsp3) is 0.286. The number of nitro groups is 1. The van der Waals surface area contributed by atoms with Crippen molar-refractivity contribution in [2.45, 2.75) is 43.3 Å². The predicted molar refractivity (Wildman–Crippen MR) is 108 cm³/mol. The van der Waals surface area contributed by atoms with Gasteiger partial charge in [-0.15, -0.1) is 0 Å². The summed E-state index contributed by atoms with van der Waals surface area (Å²) in [6.07, 6.45) is 3.06. The number of carbonyl (C=O) groups excluding carboxylic acids is 1. The maximum atomic E-state index is 12.8. The number of nitrogens with zero attached hydrogens (tertiary/aromatic N) is 1. The number of benzene rings is 2. The maximum Gasteiger partial charge on any atom is 0.337 e. The summed E-state index contributed by atoms with van der Waals surface area (Å²) in [5.74, 6) is -0.839. The van der Waals surface area contributed by atoms with Gasteiger partial charge in [-0.25, -0.2) is 4.79 Å². The van der Waals surface area contributed by atoms with Crippen LogP contribution in [0.25, 0.3) is 0 Å². The van der Waals surface area contributed by atoms with E-state index < -0.39 is 37.7 Å². The molecular weight excluding hydrogens is 410 g/mol. The van der Waals surface area contributed by atoms with Crippen molar-refractivity contribution in [3.05, 3.63) is 81.9 Å². The van der Waals surface area contributed by atoms with Crippen LogP contribution in [0.5, 0.6) is 0 Å². The number of esters is 1. The molecule has 0 unspecified atom stereocenters. The maximum absolute atomic E-state index is 12.8. The van der Waals surface area contributed by atoms with Crippen molar-refractivity contribution in [1.29, 1.82) is 0 Å². The highest BCUT2D eigenvalue weighted by molar-refractivity contribution is 7.87. The third kappa shape index (κ3) is 5.52. The van der Waals surface area contributed by atoms with Crippen LogP contribution in [0.2, 0.25) is 0 Å². The van der Waals surface area contributed by atoms with E-state index in [1.54, 1.807) is 24.3 Å². The van der Waals surface area contributed by atoms with Gasteiger partial charge in [0.2, 0.25) is 0 Å². The molecule has 2 aromatic rings. The van der Waals surface area contributed by atoms with Gasteiger partial charge >= 0.3 is 16.1 Å². The normalized spacial score (nSPS) is 14.7. The van der Waals surface area contributed by atoms with Crippen molar-refractivity contribution in [2.24, 2.45) is 0 Å². The molecule has 0 bridgehead atoms. The summed E-state index contributed by atoms with van der Waals surface area (Å²) >= 11 is 0. The summed E-state index contributed by atoms with van der Waals surface area (Å²) in [7, 11) is -4.57. The molecule has 0 aliphatic heterocycles. The molecule has 3 rings (SSSR count). The molecule has 0 spiro atoms. The first kappa shape index (κ1) is 21.7. The monoisotopic (exact) mass is 431 g/mol. The summed E-state index contributed by atoms with van der Waals surface area (Å²) in [6.45, 7) is -0.0376. The van der Waals surface area contributed by atoms with Crippen molar-refractivity contribution in [3.8, 4) is 0 Å². The Morgan fingerprint density at radius 3 is 2.47 bits per heavy atom. The first-order valence-electron chi connectivity index (χ1n) is 9.42. The second-order valence-corrected chi connectivity index (χ2v) is 8.36. The lowest BCUT2D eigenvalue weighted by molar-refractivity contribution is -0.387. The molecule has 2 aromatic carbocycles. The Balaban J connectivity index is 1.81. The molecule has 0 saturated carbocycles. The van der Waals surface area contributed by atoms with Gasteiger partial charge in [0.15, 0.2) is 11.0 Å². The number of hydrogen-bond donors (Lipinski definition) is 0. The Hall–Kier alpha value is -3.04. The molecule has 0 saturated heterocycles. The van der Waals surface area contributed by atoms with E-state index in [0.29, 0.717) is 0 Å². The van der Waals surface area contributed by atoms with Crippen molar-refractivity contribution in [3.63, 3.8) is 0 Å². The highest BCUT2D eigenvalue weighted by Gasteiger charge is 2.34. The van der Waals surface area contributed by atoms with Gasteiger partial charge in [0.05, 0.1) is 4.92 Å². The van der Waals surface area contributed by atoms with E-state index in [4.69, 9.17) is 8.92 Å². The lowest BCUT2D eigenvalue weighted by atomic mass is 10.1. The molecule has 9 heteroatoms. The smallest absolute Gasteiger partial charge is 0.337 e. The van der Waals surface area contributed by atoms with Crippen LogP contribution in [0.4, 0.5) is 5.69 Å². The molecule has 0 fully saturated rings. The topological polar surface area (TPSA) is 113 Å². The average molecular weight is 431 g/mol. The highest BCUT2D eigenvalue weighted by atomic mass is 32.2. The standard InChI is InChI=1S/C21H21NO7S/c23-21(28-15-17-10-2-1-3-11-17)19(14-16-8-4-5-9-16)29-30(26,27)20-13-7-6-12-18(20)22(24)25/h1-3,6-8,10-13,19H,4-5,9,14-15H2/t19-/m1/s1. The Labute approximate surface area is 174 Å². The quantitative estimate of drug-likeness (QED) is 0.194. The summed E-state index contributed by atoms with van der Waals surface area (Å²) in [6, 6.07) is 13.8. The van der Waals surface area contributed by atoms with Crippen molar-refractivity contribution in [1.82, 2.24) is 0 Å². The zero-order valence-electron chi connectivity index (χ0n) is 16.1.